The minimum absolute atomic E-state index is 0.707. The second-order valence-electron chi connectivity index (χ2n) is 1.12. The van der Waals surface area contributed by atoms with Crippen LogP contribution >= 0.6 is 11.6 Å². The molecule has 0 heterocycles. The molecule has 0 N–H and O–H groups in total. The predicted molar refractivity (Wildman–Crippen MR) is 45.1 cm³/mol. The Hall–Kier alpha value is -0.300. The van der Waals surface area contributed by atoms with Crippen molar-refractivity contribution in [2.45, 2.75) is 27.7 Å². The normalized spacial score (nSPS) is 11.0. The highest BCUT2D eigenvalue weighted by Crippen LogP contribution is 1.95. The van der Waals surface area contributed by atoms with Gasteiger partial charge in [-0.3, -0.25) is 4.99 Å². The largest absolute Gasteiger partial charge is 0.268 e. The second kappa shape index (κ2) is 10.6. The summed E-state index contributed by atoms with van der Waals surface area (Å²) < 4.78 is 0. The van der Waals surface area contributed by atoms with Crippen molar-refractivity contribution >= 4 is 17.8 Å². The molecule has 0 atom stereocenters. The summed E-state index contributed by atoms with van der Waals surface area (Å²) in [4.78, 5) is 3.75. The molecule has 0 aliphatic carbocycles. The van der Waals surface area contributed by atoms with Crippen LogP contribution in [0.2, 0.25) is 0 Å². The molecular formula is C7H14ClN. The number of allylic oxidation sites excluding steroid dienone is 1. The zero-order valence-corrected chi connectivity index (χ0v) is 7.24. The van der Waals surface area contributed by atoms with Crippen LogP contribution in [0.3, 0.4) is 0 Å². The van der Waals surface area contributed by atoms with Gasteiger partial charge in [-0.25, -0.2) is 0 Å². The minimum Gasteiger partial charge on any atom is -0.268 e. The topological polar surface area (TPSA) is 12.4 Å². The zero-order valence-electron chi connectivity index (χ0n) is 6.48. The maximum Gasteiger partial charge on any atom is 0.0406 e. The highest BCUT2D eigenvalue weighted by Gasteiger charge is 1.69. The van der Waals surface area contributed by atoms with Gasteiger partial charge in [-0.05, 0) is 13.8 Å². The van der Waals surface area contributed by atoms with E-state index in [2.05, 4.69) is 4.99 Å². The molecule has 0 bridgehead atoms. The first-order valence-corrected chi connectivity index (χ1v) is 3.45. The SMILES string of the molecule is CC.CC=N/C=C(\C)Cl. The van der Waals surface area contributed by atoms with Crippen LogP contribution in [0.5, 0.6) is 0 Å². The van der Waals surface area contributed by atoms with Crippen LogP contribution in [0.4, 0.5) is 0 Å². The van der Waals surface area contributed by atoms with E-state index in [1.165, 1.54) is 0 Å². The van der Waals surface area contributed by atoms with E-state index < -0.39 is 0 Å². The molecule has 0 aliphatic heterocycles. The fourth-order valence-electron chi connectivity index (χ4n) is 0.177. The van der Waals surface area contributed by atoms with Crippen LogP contribution < -0.4 is 0 Å². The molecule has 0 unspecified atom stereocenters. The third-order valence-corrected chi connectivity index (χ3v) is 0.499. The number of halogens is 1. The van der Waals surface area contributed by atoms with Crippen LogP contribution in [0.1, 0.15) is 27.7 Å². The molecule has 1 nitrogen and oxygen atoms in total. The summed E-state index contributed by atoms with van der Waals surface area (Å²) in [6.45, 7) is 7.63. The molecule has 0 aromatic rings. The van der Waals surface area contributed by atoms with E-state index in [9.17, 15) is 0 Å². The molecule has 0 rings (SSSR count). The van der Waals surface area contributed by atoms with Gasteiger partial charge in [-0.1, -0.05) is 25.4 Å². The van der Waals surface area contributed by atoms with Gasteiger partial charge in [0.15, 0.2) is 0 Å². The average Bonchev–Trinajstić information content (AvgIpc) is 1.88. The summed E-state index contributed by atoms with van der Waals surface area (Å²) >= 11 is 5.40. The Labute approximate surface area is 62.4 Å². The van der Waals surface area contributed by atoms with Crippen LogP contribution in [-0.2, 0) is 0 Å². The van der Waals surface area contributed by atoms with Crippen LogP contribution in [0, 0.1) is 0 Å². The highest BCUT2D eigenvalue weighted by atomic mass is 35.5. The van der Waals surface area contributed by atoms with Gasteiger partial charge >= 0.3 is 0 Å². The number of aliphatic imine (C=N–C) groups is 1. The van der Waals surface area contributed by atoms with Crippen LogP contribution in [-0.4, -0.2) is 6.21 Å². The fourth-order valence-corrected chi connectivity index (χ4v) is 0.234. The fraction of sp³-hybridized carbons (Fsp3) is 0.571. The molecule has 0 radical (unpaired) electrons. The Morgan fingerprint density at radius 1 is 1.44 bits per heavy atom. The monoisotopic (exact) mass is 147 g/mol. The lowest BCUT2D eigenvalue weighted by Gasteiger charge is -1.75. The number of rotatable bonds is 1. The molecule has 0 spiro atoms. The molecule has 54 valence electrons. The van der Waals surface area contributed by atoms with Crippen molar-refractivity contribution in [1.82, 2.24) is 0 Å². The Balaban J connectivity index is 0. The standard InChI is InChI=1S/C5H8ClN.C2H6/c1-3-7-4-5(2)6;1-2/h3-4H,1-2H3;1-2H3/b5-4+,7-3?;. The lowest BCUT2D eigenvalue weighted by molar-refractivity contribution is 1.50. The van der Waals surface area contributed by atoms with E-state index in [0.29, 0.717) is 5.03 Å². The van der Waals surface area contributed by atoms with Gasteiger partial charge in [0.1, 0.15) is 0 Å². The summed E-state index contributed by atoms with van der Waals surface area (Å²) in [6, 6.07) is 0. The highest BCUT2D eigenvalue weighted by molar-refractivity contribution is 6.29. The van der Waals surface area contributed by atoms with E-state index in [4.69, 9.17) is 11.6 Å². The number of nitrogens with zero attached hydrogens (tertiary/aromatic N) is 1. The minimum atomic E-state index is 0.707. The van der Waals surface area contributed by atoms with Gasteiger partial charge in [0.05, 0.1) is 0 Å². The van der Waals surface area contributed by atoms with E-state index in [0.717, 1.165) is 0 Å². The van der Waals surface area contributed by atoms with Gasteiger partial charge in [0.2, 0.25) is 0 Å². The van der Waals surface area contributed by atoms with Crippen LogP contribution in [0.15, 0.2) is 16.2 Å². The summed E-state index contributed by atoms with van der Waals surface area (Å²) in [5.41, 5.74) is 0. The van der Waals surface area contributed by atoms with Gasteiger partial charge in [-0.2, -0.15) is 0 Å². The molecule has 0 saturated heterocycles. The Kier molecular flexibility index (Phi) is 13.6. The van der Waals surface area contributed by atoms with Crippen molar-refractivity contribution in [3.8, 4) is 0 Å². The Morgan fingerprint density at radius 2 is 1.89 bits per heavy atom. The van der Waals surface area contributed by atoms with E-state index >= 15 is 0 Å². The van der Waals surface area contributed by atoms with E-state index in [-0.39, 0.29) is 0 Å². The smallest absolute Gasteiger partial charge is 0.0406 e. The lowest BCUT2D eigenvalue weighted by Crippen LogP contribution is -1.56. The van der Waals surface area contributed by atoms with Crippen LogP contribution in [0.25, 0.3) is 0 Å². The molecule has 0 fully saturated rings. The van der Waals surface area contributed by atoms with E-state index in [1.54, 1.807) is 19.3 Å². The molecule has 0 saturated carbocycles. The second-order valence-corrected chi connectivity index (χ2v) is 1.72. The summed E-state index contributed by atoms with van der Waals surface area (Å²) in [7, 11) is 0. The molecule has 0 amide bonds. The van der Waals surface area contributed by atoms with Crippen molar-refractivity contribution in [1.29, 1.82) is 0 Å². The number of hydrogen-bond acceptors (Lipinski definition) is 1. The summed E-state index contributed by atoms with van der Waals surface area (Å²) in [5, 5.41) is 0.707. The Bertz CT molecular complexity index is 91.1. The van der Waals surface area contributed by atoms with Crippen molar-refractivity contribution in [2.24, 2.45) is 4.99 Å². The molecule has 0 aromatic heterocycles. The van der Waals surface area contributed by atoms with Gasteiger partial charge in [0.25, 0.3) is 0 Å². The summed E-state index contributed by atoms with van der Waals surface area (Å²) in [6.07, 6.45) is 3.29. The van der Waals surface area contributed by atoms with Gasteiger partial charge in [-0.15, -0.1) is 0 Å². The maximum atomic E-state index is 5.40. The average molecular weight is 148 g/mol. The van der Waals surface area contributed by atoms with Gasteiger partial charge < -0.3 is 0 Å². The first-order chi connectivity index (χ1) is 4.27. The van der Waals surface area contributed by atoms with Crippen molar-refractivity contribution in [3.05, 3.63) is 11.2 Å². The Morgan fingerprint density at radius 3 is 2.00 bits per heavy atom. The molecule has 9 heavy (non-hydrogen) atoms. The van der Waals surface area contributed by atoms with E-state index in [1.807, 2.05) is 20.8 Å². The summed E-state index contributed by atoms with van der Waals surface area (Å²) in [5.74, 6) is 0. The predicted octanol–water partition coefficient (Wildman–Crippen LogP) is 3.20. The van der Waals surface area contributed by atoms with Gasteiger partial charge in [0, 0.05) is 17.4 Å². The molecule has 2 heteroatoms. The third kappa shape index (κ3) is 18.3. The molecule has 0 aliphatic rings. The van der Waals surface area contributed by atoms with Crippen molar-refractivity contribution in [2.75, 3.05) is 0 Å². The first kappa shape index (κ1) is 11.5. The maximum absolute atomic E-state index is 5.40. The molecular weight excluding hydrogens is 134 g/mol. The third-order valence-electron chi connectivity index (χ3n) is 0.402. The van der Waals surface area contributed by atoms with Crippen molar-refractivity contribution in [3.63, 3.8) is 0 Å². The molecule has 0 aromatic carbocycles. The lowest BCUT2D eigenvalue weighted by atomic mass is 10.7. The first-order valence-electron chi connectivity index (χ1n) is 3.07. The zero-order chi connectivity index (χ0) is 7.70. The number of hydrogen-bond donors (Lipinski definition) is 0. The quantitative estimate of drug-likeness (QED) is 0.505. The van der Waals surface area contributed by atoms with Crippen molar-refractivity contribution < 1.29 is 0 Å².